The molecule has 1 aromatic carbocycles. The van der Waals surface area contributed by atoms with Crippen LogP contribution in [0.2, 0.25) is 0 Å². The highest BCUT2D eigenvalue weighted by atomic mass is 16.5. The Morgan fingerprint density at radius 3 is 2.44 bits per heavy atom. The molecule has 1 rings (SSSR count). The van der Waals surface area contributed by atoms with Gasteiger partial charge in [-0.25, -0.2) is 0 Å². The van der Waals surface area contributed by atoms with E-state index in [-0.39, 0.29) is 6.04 Å². The Morgan fingerprint density at radius 1 is 1.31 bits per heavy atom. The third-order valence-electron chi connectivity index (χ3n) is 2.59. The maximum atomic E-state index is 10.9. The molecular formula is C12H17NO3. The molecule has 0 amide bonds. The average Bonchev–Trinajstić information content (AvgIpc) is 2.31. The summed E-state index contributed by atoms with van der Waals surface area (Å²) in [4.78, 5) is 10.9. The Hall–Kier alpha value is -1.55. The lowest BCUT2D eigenvalue weighted by molar-refractivity contribution is -0.109. The van der Waals surface area contributed by atoms with Crippen LogP contribution in [0.15, 0.2) is 12.1 Å². The van der Waals surface area contributed by atoms with Crippen LogP contribution in [-0.2, 0) is 4.79 Å². The summed E-state index contributed by atoms with van der Waals surface area (Å²) in [5, 5.41) is 2.92. The summed E-state index contributed by atoms with van der Waals surface area (Å²) in [7, 11) is 4.93. The first kappa shape index (κ1) is 12.5. The number of carbonyl (C=O) groups is 1. The number of likely N-dealkylation sites (N-methyl/N-ethyl adjacent to an activating group) is 1. The van der Waals surface area contributed by atoms with E-state index in [4.69, 9.17) is 9.47 Å². The Bertz CT molecular complexity index is 377. The van der Waals surface area contributed by atoms with E-state index in [0.717, 1.165) is 23.2 Å². The van der Waals surface area contributed by atoms with Crippen LogP contribution in [0.25, 0.3) is 0 Å². The van der Waals surface area contributed by atoms with E-state index in [1.54, 1.807) is 21.3 Å². The average molecular weight is 223 g/mol. The van der Waals surface area contributed by atoms with E-state index in [2.05, 4.69) is 5.32 Å². The first-order chi connectivity index (χ1) is 7.69. The Morgan fingerprint density at radius 2 is 2.00 bits per heavy atom. The predicted octanol–water partition coefficient (Wildman–Crippen LogP) is 1.47. The fraction of sp³-hybridized carbons (Fsp3) is 0.417. The van der Waals surface area contributed by atoms with Gasteiger partial charge in [0, 0.05) is 11.1 Å². The fourth-order valence-corrected chi connectivity index (χ4v) is 1.73. The molecule has 1 atom stereocenters. The van der Waals surface area contributed by atoms with Gasteiger partial charge < -0.3 is 19.6 Å². The highest BCUT2D eigenvalue weighted by Gasteiger charge is 2.17. The molecular weight excluding hydrogens is 206 g/mol. The third-order valence-corrected chi connectivity index (χ3v) is 2.59. The molecule has 0 radical (unpaired) electrons. The summed E-state index contributed by atoms with van der Waals surface area (Å²) in [6.45, 7) is 1.90. The quantitative estimate of drug-likeness (QED) is 0.768. The molecule has 0 spiro atoms. The van der Waals surface area contributed by atoms with Crippen molar-refractivity contribution in [3.8, 4) is 11.5 Å². The van der Waals surface area contributed by atoms with Crippen LogP contribution in [0.4, 0.5) is 0 Å². The number of hydrogen-bond acceptors (Lipinski definition) is 4. The van der Waals surface area contributed by atoms with Crippen molar-refractivity contribution in [1.29, 1.82) is 0 Å². The van der Waals surface area contributed by atoms with Gasteiger partial charge in [0.05, 0.1) is 20.3 Å². The summed E-state index contributed by atoms with van der Waals surface area (Å²) < 4.78 is 10.5. The first-order valence-electron chi connectivity index (χ1n) is 5.03. The maximum Gasteiger partial charge on any atom is 0.141 e. The Labute approximate surface area is 95.6 Å². The van der Waals surface area contributed by atoms with E-state index < -0.39 is 0 Å². The van der Waals surface area contributed by atoms with Gasteiger partial charge >= 0.3 is 0 Å². The molecule has 4 heteroatoms. The summed E-state index contributed by atoms with van der Waals surface area (Å²) >= 11 is 0. The van der Waals surface area contributed by atoms with Gasteiger partial charge in [0.2, 0.25) is 0 Å². The third kappa shape index (κ3) is 2.17. The van der Waals surface area contributed by atoms with E-state index >= 15 is 0 Å². The molecule has 1 N–H and O–H groups in total. The first-order valence-corrected chi connectivity index (χ1v) is 5.03. The van der Waals surface area contributed by atoms with Crippen LogP contribution >= 0.6 is 0 Å². The van der Waals surface area contributed by atoms with Crippen LogP contribution < -0.4 is 14.8 Å². The summed E-state index contributed by atoms with van der Waals surface area (Å²) in [6, 6.07) is 3.31. The largest absolute Gasteiger partial charge is 0.496 e. The smallest absolute Gasteiger partial charge is 0.141 e. The van der Waals surface area contributed by atoms with E-state index in [9.17, 15) is 4.79 Å². The molecule has 0 aliphatic rings. The molecule has 0 heterocycles. The van der Waals surface area contributed by atoms with Gasteiger partial charge in [0.25, 0.3) is 0 Å². The lowest BCUT2D eigenvalue weighted by atomic mass is 10.0. The second-order valence-electron chi connectivity index (χ2n) is 3.42. The number of nitrogens with one attached hydrogen (secondary N) is 1. The number of aldehydes is 1. The summed E-state index contributed by atoms with van der Waals surface area (Å²) in [5.41, 5.74) is 1.71. The number of ether oxygens (including phenoxy) is 2. The molecule has 88 valence electrons. The topological polar surface area (TPSA) is 47.6 Å². The zero-order valence-corrected chi connectivity index (χ0v) is 10.0. The molecule has 4 nitrogen and oxygen atoms in total. The fourth-order valence-electron chi connectivity index (χ4n) is 1.73. The molecule has 0 fully saturated rings. The monoisotopic (exact) mass is 223 g/mol. The van der Waals surface area contributed by atoms with E-state index in [1.165, 1.54) is 0 Å². The highest BCUT2D eigenvalue weighted by molar-refractivity contribution is 5.65. The van der Waals surface area contributed by atoms with Gasteiger partial charge in [-0.1, -0.05) is 0 Å². The number of benzene rings is 1. The minimum Gasteiger partial charge on any atom is -0.496 e. The molecule has 0 aromatic heterocycles. The van der Waals surface area contributed by atoms with E-state index in [0.29, 0.717) is 5.75 Å². The van der Waals surface area contributed by atoms with Crippen LogP contribution in [0.3, 0.4) is 0 Å². The van der Waals surface area contributed by atoms with Gasteiger partial charge in [-0.05, 0) is 26.1 Å². The molecule has 1 unspecified atom stereocenters. The minimum atomic E-state index is -0.362. The number of carbonyl (C=O) groups excluding carboxylic acids is 1. The van der Waals surface area contributed by atoms with Crippen LogP contribution in [0.1, 0.15) is 17.2 Å². The highest BCUT2D eigenvalue weighted by Crippen LogP contribution is 2.33. The summed E-state index contributed by atoms with van der Waals surface area (Å²) in [6.07, 6.45) is 0.851. The lowest BCUT2D eigenvalue weighted by Crippen LogP contribution is -2.18. The zero-order chi connectivity index (χ0) is 12.1. The van der Waals surface area contributed by atoms with Gasteiger partial charge in [0.1, 0.15) is 17.8 Å². The molecule has 0 aliphatic heterocycles. The molecule has 1 aromatic rings. The normalized spacial score (nSPS) is 12.0. The van der Waals surface area contributed by atoms with Crippen molar-refractivity contribution in [2.24, 2.45) is 0 Å². The van der Waals surface area contributed by atoms with E-state index in [1.807, 2.05) is 19.1 Å². The molecule has 0 aliphatic carbocycles. The van der Waals surface area contributed by atoms with Crippen molar-refractivity contribution >= 4 is 6.29 Å². The minimum absolute atomic E-state index is 0.362. The molecule has 0 bridgehead atoms. The van der Waals surface area contributed by atoms with Gasteiger partial charge in [0.15, 0.2) is 0 Å². The van der Waals surface area contributed by atoms with Gasteiger partial charge in [-0.3, -0.25) is 0 Å². The van der Waals surface area contributed by atoms with Crippen molar-refractivity contribution in [2.45, 2.75) is 13.0 Å². The Balaban J connectivity index is 3.29. The van der Waals surface area contributed by atoms with Gasteiger partial charge in [-0.2, -0.15) is 0 Å². The number of rotatable bonds is 5. The zero-order valence-electron chi connectivity index (χ0n) is 10.0. The number of methoxy groups -OCH3 is 2. The van der Waals surface area contributed by atoms with Crippen molar-refractivity contribution in [2.75, 3.05) is 21.3 Å². The lowest BCUT2D eigenvalue weighted by Gasteiger charge is -2.17. The maximum absolute atomic E-state index is 10.9. The number of hydrogen-bond donors (Lipinski definition) is 1. The van der Waals surface area contributed by atoms with Crippen molar-refractivity contribution in [1.82, 2.24) is 5.32 Å². The van der Waals surface area contributed by atoms with Crippen LogP contribution in [-0.4, -0.2) is 27.6 Å². The molecule has 16 heavy (non-hydrogen) atoms. The van der Waals surface area contributed by atoms with Crippen molar-refractivity contribution < 1.29 is 14.3 Å². The second kappa shape index (κ2) is 5.51. The SMILES string of the molecule is CNC(C=O)c1ccc(OC)c(C)c1OC. The van der Waals surface area contributed by atoms with Crippen LogP contribution in [0, 0.1) is 6.92 Å². The van der Waals surface area contributed by atoms with Crippen molar-refractivity contribution in [3.63, 3.8) is 0 Å². The molecule has 0 saturated heterocycles. The van der Waals surface area contributed by atoms with Gasteiger partial charge in [-0.15, -0.1) is 0 Å². The van der Waals surface area contributed by atoms with Crippen LogP contribution in [0.5, 0.6) is 11.5 Å². The molecule has 0 saturated carbocycles. The summed E-state index contributed by atoms with van der Waals surface area (Å²) in [5.74, 6) is 1.44. The van der Waals surface area contributed by atoms with Crippen molar-refractivity contribution in [3.05, 3.63) is 23.3 Å². The standard InChI is InChI=1S/C12H17NO3/c1-8-11(15-3)6-5-9(12(8)16-4)10(7-14)13-2/h5-7,10,13H,1-4H3. The predicted molar refractivity (Wildman–Crippen MR) is 62.1 cm³/mol. The Kier molecular flexibility index (Phi) is 4.31. The second-order valence-corrected chi connectivity index (χ2v) is 3.42.